The van der Waals surface area contributed by atoms with Gasteiger partial charge in [-0.3, -0.25) is 4.84 Å². The van der Waals surface area contributed by atoms with Gasteiger partial charge in [0.1, 0.15) is 6.61 Å². The number of amides is 1. The molecule has 0 radical (unpaired) electrons. The van der Waals surface area contributed by atoms with Crippen LogP contribution in [0.1, 0.15) is 25.0 Å². The lowest BCUT2D eigenvalue weighted by molar-refractivity contribution is 0.115. The van der Waals surface area contributed by atoms with Crippen molar-refractivity contribution in [3.8, 4) is 0 Å². The zero-order chi connectivity index (χ0) is 20.5. The number of benzene rings is 2. The van der Waals surface area contributed by atoms with E-state index < -0.39 is 6.09 Å². The number of anilines is 1. The van der Waals surface area contributed by atoms with Crippen LogP contribution >= 0.6 is 11.6 Å². The molecule has 2 aromatic carbocycles. The summed E-state index contributed by atoms with van der Waals surface area (Å²) in [6.07, 6.45) is -0.636. The van der Waals surface area contributed by atoms with Crippen LogP contribution in [0.25, 0.3) is 0 Å². The lowest BCUT2D eigenvalue weighted by Gasteiger charge is -2.20. The third-order valence-corrected chi connectivity index (χ3v) is 4.02. The SMILES string of the molecule is COC(=O)N(OC)c1ccccc1CO/C(C)=N/N=C(\C)c1ccc(Cl)cc1. The van der Waals surface area contributed by atoms with Crippen LogP contribution < -0.4 is 5.06 Å². The van der Waals surface area contributed by atoms with Gasteiger partial charge in [0, 0.05) is 17.5 Å². The molecule has 0 aliphatic carbocycles. The molecule has 0 aromatic heterocycles. The van der Waals surface area contributed by atoms with Gasteiger partial charge in [-0.05, 0) is 30.7 Å². The molecule has 0 fully saturated rings. The maximum atomic E-state index is 11.9. The van der Waals surface area contributed by atoms with Crippen LogP contribution in [0.15, 0.2) is 58.7 Å². The lowest BCUT2D eigenvalue weighted by atomic mass is 10.1. The van der Waals surface area contributed by atoms with E-state index in [1.165, 1.54) is 14.2 Å². The molecule has 0 atom stereocenters. The molecule has 0 aliphatic heterocycles. The minimum atomic E-state index is -0.636. The molecular formula is C20H22ClN3O4. The Morgan fingerprint density at radius 3 is 2.36 bits per heavy atom. The van der Waals surface area contributed by atoms with E-state index in [4.69, 9.17) is 25.9 Å². The monoisotopic (exact) mass is 403 g/mol. The highest BCUT2D eigenvalue weighted by molar-refractivity contribution is 6.30. The predicted molar refractivity (Wildman–Crippen MR) is 110 cm³/mol. The quantitative estimate of drug-likeness (QED) is 0.393. The van der Waals surface area contributed by atoms with Gasteiger partial charge in [-0.2, -0.15) is 10.2 Å². The minimum absolute atomic E-state index is 0.178. The van der Waals surface area contributed by atoms with Crippen molar-refractivity contribution < 1.29 is 19.1 Å². The van der Waals surface area contributed by atoms with Crippen molar-refractivity contribution in [2.75, 3.05) is 19.3 Å². The van der Waals surface area contributed by atoms with E-state index in [1.54, 1.807) is 31.2 Å². The number of hydrogen-bond donors (Lipinski definition) is 0. The lowest BCUT2D eigenvalue weighted by Crippen LogP contribution is -2.30. The number of halogens is 1. The number of ether oxygens (including phenoxy) is 2. The molecule has 0 saturated carbocycles. The molecule has 0 saturated heterocycles. The van der Waals surface area contributed by atoms with Gasteiger partial charge in [-0.25, -0.2) is 4.79 Å². The summed E-state index contributed by atoms with van der Waals surface area (Å²) in [5, 5.41) is 9.99. The summed E-state index contributed by atoms with van der Waals surface area (Å²) in [6, 6.07) is 14.5. The Bertz CT molecular complexity index is 866. The van der Waals surface area contributed by atoms with Crippen LogP contribution in [0.5, 0.6) is 0 Å². The van der Waals surface area contributed by atoms with Crippen LogP contribution in [-0.2, 0) is 20.9 Å². The number of para-hydroxylation sites is 1. The maximum absolute atomic E-state index is 11.9. The Kier molecular flexibility index (Phi) is 7.98. The van der Waals surface area contributed by atoms with E-state index >= 15 is 0 Å². The van der Waals surface area contributed by atoms with Crippen molar-refractivity contribution in [1.29, 1.82) is 0 Å². The van der Waals surface area contributed by atoms with Crippen LogP contribution in [0.2, 0.25) is 5.02 Å². The summed E-state index contributed by atoms with van der Waals surface area (Å²) in [7, 11) is 2.67. The smallest absolute Gasteiger partial charge is 0.438 e. The first kappa shape index (κ1) is 21.4. The number of carbonyl (C=O) groups is 1. The van der Waals surface area contributed by atoms with Crippen molar-refractivity contribution in [3.63, 3.8) is 0 Å². The van der Waals surface area contributed by atoms with E-state index in [0.717, 1.165) is 21.9 Å². The average Bonchev–Trinajstić information content (AvgIpc) is 2.72. The summed E-state index contributed by atoms with van der Waals surface area (Å²) < 4.78 is 10.4. The summed E-state index contributed by atoms with van der Waals surface area (Å²) in [5.41, 5.74) is 2.89. The van der Waals surface area contributed by atoms with Gasteiger partial charge in [0.05, 0.1) is 25.6 Å². The third kappa shape index (κ3) is 5.80. The molecule has 0 bridgehead atoms. The fourth-order valence-corrected chi connectivity index (χ4v) is 2.42. The summed E-state index contributed by atoms with van der Waals surface area (Å²) >= 11 is 5.89. The second kappa shape index (κ2) is 10.4. The van der Waals surface area contributed by atoms with Gasteiger partial charge < -0.3 is 9.47 Å². The van der Waals surface area contributed by atoms with E-state index in [9.17, 15) is 4.79 Å². The number of rotatable bonds is 6. The van der Waals surface area contributed by atoms with Crippen LogP contribution in [0.3, 0.4) is 0 Å². The second-order valence-electron chi connectivity index (χ2n) is 5.68. The molecule has 28 heavy (non-hydrogen) atoms. The van der Waals surface area contributed by atoms with E-state index in [2.05, 4.69) is 10.2 Å². The van der Waals surface area contributed by atoms with E-state index in [1.807, 2.05) is 31.2 Å². The maximum Gasteiger partial charge on any atom is 0.438 e. The van der Waals surface area contributed by atoms with Crippen LogP contribution in [0.4, 0.5) is 10.5 Å². The highest BCUT2D eigenvalue weighted by atomic mass is 35.5. The molecule has 0 heterocycles. The Morgan fingerprint density at radius 1 is 1.04 bits per heavy atom. The highest BCUT2D eigenvalue weighted by Crippen LogP contribution is 2.22. The largest absolute Gasteiger partial charge is 0.475 e. The van der Waals surface area contributed by atoms with Gasteiger partial charge in [0.15, 0.2) is 0 Å². The Balaban J connectivity index is 2.09. The molecule has 0 unspecified atom stereocenters. The Morgan fingerprint density at radius 2 is 1.71 bits per heavy atom. The molecule has 2 aromatic rings. The summed E-state index contributed by atoms with van der Waals surface area (Å²) in [6.45, 7) is 3.73. The van der Waals surface area contributed by atoms with Gasteiger partial charge >= 0.3 is 6.09 Å². The molecular weight excluding hydrogens is 382 g/mol. The summed E-state index contributed by atoms with van der Waals surface area (Å²) in [5.74, 6) is 0.380. The van der Waals surface area contributed by atoms with Crippen molar-refractivity contribution in [2.45, 2.75) is 20.5 Å². The predicted octanol–water partition coefficient (Wildman–Crippen LogP) is 4.83. The number of hydrogen-bond acceptors (Lipinski definition) is 6. The fraction of sp³-hybridized carbons (Fsp3) is 0.250. The molecule has 1 amide bonds. The zero-order valence-electron chi connectivity index (χ0n) is 16.2. The van der Waals surface area contributed by atoms with Gasteiger partial charge in [-0.15, -0.1) is 5.10 Å². The number of carbonyl (C=O) groups excluding carboxylic acids is 1. The zero-order valence-corrected chi connectivity index (χ0v) is 16.9. The normalized spacial score (nSPS) is 11.9. The third-order valence-electron chi connectivity index (χ3n) is 3.77. The van der Waals surface area contributed by atoms with Crippen molar-refractivity contribution in [3.05, 3.63) is 64.7 Å². The van der Waals surface area contributed by atoms with Crippen molar-refractivity contribution >= 4 is 35.0 Å². The molecule has 7 nitrogen and oxygen atoms in total. The Hall–Kier alpha value is -2.90. The topological polar surface area (TPSA) is 72.7 Å². The fourth-order valence-electron chi connectivity index (χ4n) is 2.29. The first-order chi connectivity index (χ1) is 13.5. The number of methoxy groups -OCH3 is 1. The molecule has 0 N–H and O–H groups in total. The molecule has 148 valence electrons. The van der Waals surface area contributed by atoms with Crippen LogP contribution in [0, 0.1) is 0 Å². The molecule has 0 spiro atoms. The summed E-state index contributed by atoms with van der Waals surface area (Å²) in [4.78, 5) is 17.0. The second-order valence-corrected chi connectivity index (χ2v) is 6.11. The van der Waals surface area contributed by atoms with Crippen molar-refractivity contribution in [1.82, 2.24) is 0 Å². The van der Waals surface area contributed by atoms with Crippen LogP contribution in [-0.4, -0.2) is 31.9 Å². The van der Waals surface area contributed by atoms with Gasteiger partial charge in [-0.1, -0.05) is 41.9 Å². The molecule has 0 aliphatic rings. The first-order valence-corrected chi connectivity index (χ1v) is 8.81. The highest BCUT2D eigenvalue weighted by Gasteiger charge is 2.19. The van der Waals surface area contributed by atoms with Crippen molar-refractivity contribution in [2.24, 2.45) is 10.2 Å². The van der Waals surface area contributed by atoms with E-state index in [0.29, 0.717) is 16.6 Å². The number of hydroxylamine groups is 1. The molecule has 8 heteroatoms. The first-order valence-electron chi connectivity index (χ1n) is 8.44. The average molecular weight is 404 g/mol. The van der Waals surface area contributed by atoms with Gasteiger partial charge in [0.25, 0.3) is 0 Å². The Labute approximate surface area is 169 Å². The molecule has 2 rings (SSSR count). The van der Waals surface area contributed by atoms with E-state index in [-0.39, 0.29) is 6.61 Å². The number of nitrogens with zero attached hydrogens (tertiary/aromatic N) is 3. The minimum Gasteiger partial charge on any atom is -0.475 e. The standard InChI is InChI=1S/C20H22ClN3O4/c1-14(16-9-11-18(21)12-10-16)22-23-15(2)28-13-17-7-5-6-8-19(17)24(27-4)20(25)26-3/h5-12H,13H2,1-4H3/b22-14+,23-15+. The van der Waals surface area contributed by atoms with Gasteiger partial charge in [0.2, 0.25) is 5.90 Å².